The highest BCUT2D eigenvalue weighted by molar-refractivity contribution is 5.66. The van der Waals surface area contributed by atoms with Crippen LogP contribution in [0.15, 0.2) is 12.3 Å². The van der Waals surface area contributed by atoms with E-state index in [2.05, 4.69) is 20.1 Å². The first-order valence-corrected chi connectivity index (χ1v) is 9.49. The number of rotatable bonds is 7. The van der Waals surface area contributed by atoms with Crippen molar-refractivity contribution in [2.45, 2.75) is 51.0 Å². The quantitative estimate of drug-likeness (QED) is 0.782. The lowest BCUT2D eigenvalue weighted by atomic mass is 10.2. The Morgan fingerprint density at radius 3 is 2.80 bits per heavy atom. The minimum Gasteiger partial charge on any atom is -0.481 e. The molecule has 0 aliphatic carbocycles. The minimum absolute atomic E-state index is 0.246. The summed E-state index contributed by atoms with van der Waals surface area (Å²) in [7, 11) is 0. The molecule has 2 saturated heterocycles. The topological polar surface area (TPSA) is 81.6 Å². The highest BCUT2D eigenvalue weighted by atomic mass is 16.4. The van der Waals surface area contributed by atoms with Gasteiger partial charge in [0.2, 0.25) is 5.95 Å². The lowest BCUT2D eigenvalue weighted by Gasteiger charge is -2.22. The lowest BCUT2D eigenvalue weighted by Crippen LogP contribution is -2.29. The van der Waals surface area contributed by atoms with E-state index in [0.29, 0.717) is 18.4 Å². The molecule has 0 aromatic carbocycles. The van der Waals surface area contributed by atoms with Gasteiger partial charge in [-0.25, -0.2) is 4.98 Å². The Labute approximate surface area is 149 Å². The Hall–Kier alpha value is -1.89. The van der Waals surface area contributed by atoms with Crippen LogP contribution in [0.2, 0.25) is 0 Å². The monoisotopic (exact) mass is 347 g/mol. The SMILES string of the molecule is O=C(O)CCCN1CCC(Nc2nccc(N3CCCCCC3)n2)C1. The number of nitrogens with one attached hydrogen (secondary N) is 1. The molecule has 2 N–H and O–H groups in total. The van der Waals surface area contributed by atoms with Crippen LogP contribution in [-0.4, -0.2) is 64.7 Å². The van der Waals surface area contributed by atoms with E-state index in [1.54, 1.807) is 0 Å². The summed E-state index contributed by atoms with van der Waals surface area (Å²) in [4.78, 5) is 24.4. The summed E-state index contributed by atoms with van der Waals surface area (Å²) in [5.74, 6) is 1.02. The number of carboxylic acid groups (broad SMARTS) is 1. The van der Waals surface area contributed by atoms with Crippen molar-refractivity contribution in [2.75, 3.05) is 42.9 Å². The van der Waals surface area contributed by atoms with E-state index in [4.69, 9.17) is 10.1 Å². The fourth-order valence-corrected chi connectivity index (χ4v) is 3.68. The number of nitrogens with zero attached hydrogens (tertiary/aromatic N) is 4. The van der Waals surface area contributed by atoms with Crippen molar-refractivity contribution in [1.29, 1.82) is 0 Å². The summed E-state index contributed by atoms with van der Waals surface area (Å²) < 4.78 is 0. The molecule has 1 atom stereocenters. The Kier molecular flexibility index (Phi) is 6.44. The van der Waals surface area contributed by atoms with Crippen LogP contribution >= 0.6 is 0 Å². The van der Waals surface area contributed by atoms with Crippen molar-refractivity contribution in [3.63, 3.8) is 0 Å². The second-order valence-corrected chi connectivity index (χ2v) is 7.07. The molecular weight excluding hydrogens is 318 g/mol. The second kappa shape index (κ2) is 8.99. The van der Waals surface area contributed by atoms with Gasteiger partial charge < -0.3 is 20.2 Å². The molecule has 0 saturated carbocycles. The van der Waals surface area contributed by atoms with Crippen LogP contribution in [0.1, 0.15) is 44.9 Å². The van der Waals surface area contributed by atoms with Crippen LogP contribution in [0, 0.1) is 0 Å². The van der Waals surface area contributed by atoms with Crippen molar-refractivity contribution < 1.29 is 9.90 Å². The van der Waals surface area contributed by atoms with Gasteiger partial charge >= 0.3 is 5.97 Å². The van der Waals surface area contributed by atoms with Crippen molar-refractivity contribution >= 4 is 17.7 Å². The molecule has 3 heterocycles. The average Bonchev–Trinajstić information content (AvgIpc) is 2.86. The molecule has 2 aliphatic rings. The number of hydrogen-bond acceptors (Lipinski definition) is 6. The van der Waals surface area contributed by atoms with Gasteiger partial charge in [-0.2, -0.15) is 4.98 Å². The highest BCUT2D eigenvalue weighted by Crippen LogP contribution is 2.19. The van der Waals surface area contributed by atoms with Crippen molar-refractivity contribution in [2.24, 2.45) is 0 Å². The first kappa shape index (κ1) is 17.9. The van der Waals surface area contributed by atoms with Crippen LogP contribution in [-0.2, 0) is 4.79 Å². The van der Waals surface area contributed by atoms with Gasteiger partial charge in [-0.05, 0) is 38.3 Å². The Balaban J connectivity index is 1.50. The maximum atomic E-state index is 10.6. The second-order valence-electron chi connectivity index (χ2n) is 7.07. The molecule has 25 heavy (non-hydrogen) atoms. The van der Waals surface area contributed by atoms with Crippen molar-refractivity contribution in [3.05, 3.63) is 12.3 Å². The molecule has 7 nitrogen and oxygen atoms in total. The van der Waals surface area contributed by atoms with Gasteiger partial charge in [-0.1, -0.05) is 12.8 Å². The van der Waals surface area contributed by atoms with E-state index in [1.165, 1.54) is 25.7 Å². The van der Waals surface area contributed by atoms with Gasteiger partial charge in [0.1, 0.15) is 5.82 Å². The van der Waals surface area contributed by atoms with E-state index in [0.717, 1.165) is 45.0 Å². The number of aromatic nitrogens is 2. The molecule has 0 bridgehead atoms. The molecule has 1 aromatic heterocycles. The van der Waals surface area contributed by atoms with Crippen LogP contribution in [0.3, 0.4) is 0 Å². The maximum absolute atomic E-state index is 10.6. The van der Waals surface area contributed by atoms with Crippen LogP contribution in [0.25, 0.3) is 0 Å². The smallest absolute Gasteiger partial charge is 0.303 e. The van der Waals surface area contributed by atoms with E-state index in [-0.39, 0.29) is 6.42 Å². The molecule has 1 aromatic rings. The molecule has 138 valence electrons. The van der Waals surface area contributed by atoms with E-state index in [1.807, 2.05) is 12.3 Å². The van der Waals surface area contributed by atoms with E-state index < -0.39 is 5.97 Å². The van der Waals surface area contributed by atoms with Gasteiger partial charge in [0.25, 0.3) is 0 Å². The summed E-state index contributed by atoms with van der Waals surface area (Å²) in [6, 6.07) is 2.34. The summed E-state index contributed by atoms with van der Waals surface area (Å²) in [5, 5.41) is 12.2. The normalized spacial score (nSPS) is 21.9. The van der Waals surface area contributed by atoms with Gasteiger partial charge in [-0.3, -0.25) is 4.79 Å². The fraction of sp³-hybridized carbons (Fsp3) is 0.722. The van der Waals surface area contributed by atoms with Crippen molar-refractivity contribution in [1.82, 2.24) is 14.9 Å². The Morgan fingerprint density at radius 2 is 2.04 bits per heavy atom. The maximum Gasteiger partial charge on any atom is 0.303 e. The van der Waals surface area contributed by atoms with Crippen LogP contribution in [0.5, 0.6) is 0 Å². The number of aliphatic carboxylic acids is 1. The third-order valence-electron chi connectivity index (χ3n) is 5.04. The number of likely N-dealkylation sites (tertiary alicyclic amines) is 1. The molecule has 0 radical (unpaired) electrons. The molecule has 2 aliphatic heterocycles. The predicted octanol–water partition coefficient (Wildman–Crippen LogP) is 2.21. The first-order valence-electron chi connectivity index (χ1n) is 9.49. The molecule has 0 amide bonds. The largest absolute Gasteiger partial charge is 0.481 e. The first-order chi connectivity index (χ1) is 12.2. The van der Waals surface area contributed by atoms with Gasteiger partial charge in [0, 0.05) is 44.8 Å². The summed E-state index contributed by atoms with van der Waals surface area (Å²) in [6.07, 6.45) is 8.94. The summed E-state index contributed by atoms with van der Waals surface area (Å²) >= 11 is 0. The van der Waals surface area contributed by atoms with Crippen molar-refractivity contribution in [3.8, 4) is 0 Å². The predicted molar refractivity (Wildman–Crippen MR) is 98.1 cm³/mol. The number of carbonyl (C=O) groups is 1. The molecular formula is C18H29N5O2. The number of anilines is 2. The van der Waals surface area contributed by atoms with Crippen LogP contribution < -0.4 is 10.2 Å². The molecule has 0 spiro atoms. The average molecular weight is 347 g/mol. The highest BCUT2D eigenvalue weighted by Gasteiger charge is 2.23. The Bertz CT molecular complexity index is 560. The van der Waals surface area contributed by atoms with E-state index in [9.17, 15) is 4.79 Å². The Morgan fingerprint density at radius 1 is 1.24 bits per heavy atom. The summed E-state index contributed by atoms with van der Waals surface area (Å²) in [6.45, 7) is 4.94. The van der Waals surface area contributed by atoms with Gasteiger partial charge in [-0.15, -0.1) is 0 Å². The number of hydrogen-bond donors (Lipinski definition) is 2. The molecule has 1 unspecified atom stereocenters. The molecule has 7 heteroatoms. The third kappa shape index (κ3) is 5.56. The molecule has 3 rings (SSSR count). The number of carboxylic acids is 1. The molecule has 2 fully saturated rings. The third-order valence-corrected chi connectivity index (χ3v) is 5.04. The summed E-state index contributed by atoms with van der Waals surface area (Å²) in [5.41, 5.74) is 0. The zero-order valence-electron chi connectivity index (χ0n) is 14.9. The fourth-order valence-electron chi connectivity index (χ4n) is 3.68. The standard InChI is InChI=1S/C18H29N5O2/c24-17(25)6-5-10-22-13-8-15(14-22)20-18-19-9-7-16(21-18)23-11-3-1-2-4-12-23/h7,9,15H,1-6,8,10-14H2,(H,24,25)(H,19,20,21). The van der Waals surface area contributed by atoms with Gasteiger partial charge in [0.15, 0.2) is 0 Å². The van der Waals surface area contributed by atoms with Gasteiger partial charge in [0.05, 0.1) is 0 Å². The lowest BCUT2D eigenvalue weighted by molar-refractivity contribution is -0.137. The zero-order valence-corrected chi connectivity index (χ0v) is 14.9. The minimum atomic E-state index is -0.715. The van der Waals surface area contributed by atoms with E-state index >= 15 is 0 Å². The van der Waals surface area contributed by atoms with Crippen LogP contribution in [0.4, 0.5) is 11.8 Å². The zero-order chi connectivity index (χ0) is 17.5.